The van der Waals surface area contributed by atoms with Gasteiger partial charge in [-0.15, -0.1) is 0 Å². The number of likely N-dealkylation sites (tertiary alicyclic amines) is 1. The number of aliphatic hydroxyl groups excluding tert-OH is 4. The van der Waals surface area contributed by atoms with E-state index in [1.54, 1.807) is 18.2 Å². The molecule has 0 aromatic heterocycles. The van der Waals surface area contributed by atoms with E-state index in [1.165, 1.54) is 4.90 Å². The fourth-order valence-corrected chi connectivity index (χ4v) is 6.08. The highest BCUT2D eigenvalue weighted by Crippen LogP contribution is 2.30. The molecule has 0 saturated carbocycles. The van der Waals surface area contributed by atoms with Crippen LogP contribution in [0.25, 0.3) is 10.8 Å². The van der Waals surface area contributed by atoms with Crippen molar-refractivity contribution in [1.29, 1.82) is 0 Å². The van der Waals surface area contributed by atoms with E-state index in [0.29, 0.717) is 18.2 Å². The number of primary amides is 1. The van der Waals surface area contributed by atoms with Gasteiger partial charge in [0.25, 0.3) is 0 Å². The van der Waals surface area contributed by atoms with E-state index in [2.05, 4.69) is 4.72 Å². The highest BCUT2D eigenvalue weighted by molar-refractivity contribution is 7.89. The number of β-amino-alcohol motifs (C(OH)–C–C–N with tert-alkyl or cyclic N) is 1. The van der Waals surface area contributed by atoms with E-state index in [0.717, 1.165) is 11.1 Å². The smallest absolute Gasteiger partial charge is 0.241 e. The second-order valence-electron chi connectivity index (χ2n) is 9.33. The summed E-state index contributed by atoms with van der Waals surface area (Å²) in [5, 5.41) is 41.2. The lowest BCUT2D eigenvalue weighted by atomic mass is 9.91. The van der Waals surface area contributed by atoms with Gasteiger partial charge in [-0.25, -0.2) is 13.1 Å². The van der Waals surface area contributed by atoms with Gasteiger partial charge in [0, 0.05) is 43.6 Å². The number of carbonyl (C=O) groups excluding carboxylic acids is 1. The molecule has 5 atom stereocenters. The second-order valence-corrected chi connectivity index (χ2v) is 11.1. The number of fused-ring (bicyclic) bond motifs is 1. The van der Waals surface area contributed by atoms with Crippen molar-refractivity contribution < 1.29 is 33.6 Å². The molecule has 3 rings (SSSR count). The minimum Gasteiger partial charge on any atom is -0.395 e. The van der Waals surface area contributed by atoms with Crippen molar-refractivity contribution in [3.05, 3.63) is 36.4 Å². The lowest BCUT2D eigenvalue weighted by Gasteiger charge is -2.45. The summed E-state index contributed by atoms with van der Waals surface area (Å²) in [7, 11) is -0.0126. The molecule has 0 unspecified atom stereocenters. The fraction of sp³-hybridized carbons (Fsp3) is 0.542. The molecule has 0 aliphatic carbocycles. The molecule has 2 aromatic rings. The zero-order valence-electron chi connectivity index (χ0n) is 20.5. The minimum atomic E-state index is -3.80. The predicted octanol–water partition coefficient (Wildman–Crippen LogP) is -1.03. The zero-order valence-corrected chi connectivity index (χ0v) is 21.3. The van der Waals surface area contributed by atoms with Crippen LogP contribution in [0.15, 0.2) is 41.3 Å². The largest absolute Gasteiger partial charge is 0.395 e. The lowest BCUT2D eigenvalue weighted by molar-refractivity contribution is -0.160. The van der Waals surface area contributed by atoms with Gasteiger partial charge in [0.15, 0.2) is 0 Å². The quantitative estimate of drug-likeness (QED) is 0.201. The number of nitrogens with zero attached hydrogens (tertiary/aromatic N) is 2. The van der Waals surface area contributed by atoms with Gasteiger partial charge in [-0.3, -0.25) is 9.69 Å². The molecule has 1 aliphatic heterocycles. The van der Waals surface area contributed by atoms with Gasteiger partial charge in [-0.05, 0) is 25.0 Å². The van der Waals surface area contributed by atoms with Crippen LogP contribution in [-0.4, -0.2) is 104 Å². The number of nitrogens with one attached hydrogen (secondary N) is 1. The van der Waals surface area contributed by atoms with Gasteiger partial charge in [-0.2, -0.15) is 0 Å². The Morgan fingerprint density at radius 2 is 1.78 bits per heavy atom. The van der Waals surface area contributed by atoms with Gasteiger partial charge in [0.2, 0.25) is 15.9 Å². The summed E-state index contributed by atoms with van der Waals surface area (Å²) >= 11 is 0. The van der Waals surface area contributed by atoms with Gasteiger partial charge in [0.05, 0.1) is 29.7 Å². The van der Waals surface area contributed by atoms with Crippen molar-refractivity contribution in [2.45, 2.75) is 54.6 Å². The average molecular weight is 525 g/mol. The average Bonchev–Trinajstić information content (AvgIpc) is 2.83. The van der Waals surface area contributed by atoms with E-state index in [4.69, 9.17) is 5.73 Å². The van der Waals surface area contributed by atoms with E-state index >= 15 is 0 Å². The summed E-state index contributed by atoms with van der Waals surface area (Å²) in [6, 6.07) is 8.78. The molecule has 36 heavy (non-hydrogen) atoms. The predicted molar refractivity (Wildman–Crippen MR) is 136 cm³/mol. The van der Waals surface area contributed by atoms with Gasteiger partial charge in [0.1, 0.15) is 12.2 Å². The summed E-state index contributed by atoms with van der Waals surface area (Å²) in [4.78, 5) is 15.6. The number of carbonyl (C=O) groups is 1. The van der Waals surface area contributed by atoms with Crippen LogP contribution in [0.2, 0.25) is 0 Å². The van der Waals surface area contributed by atoms with Crippen LogP contribution >= 0.6 is 0 Å². The van der Waals surface area contributed by atoms with E-state index < -0.39 is 52.9 Å². The van der Waals surface area contributed by atoms with Gasteiger partial charge < -0.3 is 31.1 Å². The normalized spacial score (nSPS) is 24.1. The van der Waals surface area contributed by atoms with Crippen LogP contribution in [0.4, 0.5) is 5.69 Å². The maximum Gasteiger partial charge on any atom is 0.241 e. The number of unbranched alkanes of at least 4 members (excludes halogenated alkanes) is 1. The molecule has 1 fully saturated rings. The van der Waals surface area contributed by atoms with Crippen LogP contribution in [0.3, 0.4) is 0 Å². The molecule has 2 aromatic carbocycles. The molecule has 1 amide bonds. The number of nitrogens with two attached hydrogens (primary N) is 1. The number of hydrogen-bond acceptors (Lipinski definition) is 9. The first kappa shape index (κ1) is 28.3. The van der Waals surface area contributed by atoms with Crippen molar-refractivity contribution >= 4 is 32.4 Å². The standard InChI is InChI=1S/C24H36N4O7S/c1-27(2)17-10-5-8-16-15(17)7-6-11-21(16)36(34,35)26-12-4-3-9-18(24(25)33)28-13-20(30)23(32)22(31)19(28)14-29/h5-8,10-11,18-20,22-23,26,29-32H,3-4,9,12-14H2,1-2H3,(H2,25,33)/t18-,19+,20-,22-,23+/m0/s1. The Kier molecular flexibility index (Phi) is 9.28. The van der Waals surface area contributed by atoms with Crippen molar-refractivity contribution in [2.24, 2.45) is 5.73 Å². The summed E-state index contributed by atoms with van der Waals surface area (Å²) in [6.07, 6.45) is -3.14. The second kappa shape index (κ2) is 11.8. The number of amides is 1. The number of aliphatic hydroxyl groups is 4. The summed E-state index contributed by atoms with van der Waals surface area (Å²) < 4.78 is 28.7. The Morgan fingerprint density at radius 1 is 1.11 bits per heavy atom. The number of anilines is 1. The van der Waals surface area contributed by atoms with E-state index in [-0.39, 0.29) is 24.4 Å². The molecule has 200 valence electrons. The molecule has 11 nitrogen and oxygen atoms in total. The Balaban J connectivity index is 1.64. The van der Waals surface area contributed by atoms with Crippen LogP contribution in [0.5, 0.6) is 0 Å². The molecule has 0 bridgehead atoms. The van der Waals surface area contributed by atoms with E-state index in [1.807, 2.05) is 37.2 Å². The molecule has 1 saturated heterocycles. The Morgan fingerprint density at radius 3 is 2.42 bits per heavy atom. The summed E-state index contributed by atoms with van der Waals surface area (Å²) in [5.74, 6) is -0.697. The van der Waals surface area contributed by atoms with Crippen molar-refractivity contribution in [1.82, 2.24) is 9.62 Å². The Bertz CT molecular complexity index is 1160. The van der Waals surface area contributed by atoms with Crippen LogP contribution in [0.1, 0.15) is 19.3 Å². The SMILES string of the molecule is CN(C)c1cccc2c(S(=O)(=O)NCCCC[C@@H](C(N)=O)N3C[C@H](O)[C@@H](O)[C@@H](O)[C@H]3CO)cccc12. The fourth-order valence-electron chi connectivity index (χ4n) is 4.79. The monoisotopic (exact) mass is 524 g/mol. The topological polar surface area (TPSA) is 177 Å². The highest BCUT2D eigenvalue weighted by Gasteiger charge is 2.44. The maximum atomic E-state index is 13.1. The minimum absolute atomic E-state index is 0.130. The molecule has 12 heteroatoms. The first-order chi connectivity index (χ1) is 17.0. The van der Waals surface area contributed by atoms with Crippen LogP contribution < -0.4 is 15.4 Å². The zero-order chi connectivity index (χ0) is 26.6. The van der Waals surface area contributed by atoms with Gasteiger partial charge >= 0.3 is 0 Å². The molecule has 1 aliphatic rings. The first-order valence-electron chi connectivity index (χ1n) is 11.9. The van der Waals surface area contributed by atoms with Crippen molar-refractivity contribution in [3.63, 3.8) is 0 Å². The third-order valence-electron chi connectivity index (χ3n) is 6.70. The maximum absolute atomic E-state index is 13.1. The third-order valence-corrected chi connectivity index (χ3v) is 8.22. The molecule has 0 spiro atoms. The molecular formula is C24H36N4O7S. The summed E-state index contributed by atoms with van der Waals surface area (Å²) in [6.45, 7) is -0.542. The number of rotatable bonds is 11. The number of sulfonamides is 1. The molecular weight excluding hydrogens is 488 g/mol. The highest BCUT2D eigenvalue weighted by atomic mass is 32.2. The van der Waals surface area contributed by atoms with Crippen molar-refractivity contribution in [3.8, 4) is 0 Å². The first-order valence-corrected chi connectivity index (χ1v) is 13.4. The number of hydrogen-bond donors (Lipinski definition) is 6. The number of benzene rings is 2. The molecule has 7 N–H and O–H groups in total. The van der Waals surface area contributed by atoms with Crippen molar-refractivity contribution in [2.75, 3.05) is 38.7 Å². The number of piperidine rings is 1. The Hall–Kier alpha value is -2.32. The van der Waals surface area contributed by atoms with Crippen LogP contribution in [0, 0.1) is 0 Å². The van der Waals surface area contributed by atoms with Crippen LogP contribution in [-0.2, 0) is 14.8 Å². The Labute approximate surface area is 211 Å². The molecule has 0 radical (unpaired) electrons. The summed E-state index contributed by atoms with van der Waals surface area (Å²) in [5.41, 5.74) is 6.46. The van der Waals surface area contributed by atoms with Gasteiger partial charge in [-0.1, -0.05) is 30.7 Å². The van der Waals surface area contributed by atoms with E-state index in [9.17, 15) is 33.6 Å². The molecule has 1 heterocycles. The lowest BCUT2D eigenvalue weighted by Crippen LogP contribution is -2.66. The third kappa shape index (κ3) is 5.97.